The zero-order chi connectivity index (χ0) is 19.7. The second-order valence-electron chi connectivity index (χ2n) is 6.76. The summed E-state index contributed by atoms with van der Waals surface area (Å²) in [4.78, 5) is 36.2. The van der Waals surface area contributed by atoms with E-state index in [1.165, 1.54) is 5.56 Å². The molecule has 28 heavy (non-hydrogen) atoms. The topological polar surface area (TPSA) is 87.3 Å². The molecule has 2 saturated heterocycles. The molecule has 144 valence electrons. The minimum atomic E-state index is -1.16. The summed E-state index contributed by atoms with van der Waals surface area (Å²) in [5.41, 5.74) is 1.79. The molecule has 0 bridgehead atoms. The van der Waals surface area contributed by atoms with Crippen LogP contribution in [0.5, 0.6) is 0 Å². The number of imide groups is 1. The fourth-order valence-electron chi connectivity index (χ4n) is 3.20. The van der Waals surface area contributed by atoms with E-state index in [2.05, 4.69) is 16.0 Å². The molecule has 2 aromatic carbocycles. The summed E-state index contributed by atoms with van der Waals surface area (Å²) >= 11 is 3.85. The van der Waals surface area contributed by atoms with Crippen molar-refractivity contribution in [3.63, 3.8) is 0 Å². The molecule has 1 atom stereocenters. The Labute approximate surface area is 171 Å². The van der Waals surface area contributed by atoms with Gasteiger partial charge in [-0.3, -0.25) is 14.9 Å². The Hall–Kier alpha value is -2.45. The van der Waals surface area contributed by atoms with Crippen molar-refractivity contribution in [3.05, 3.63) is 65.2 Å². The van der Waals surface area contributed by atoms with E-state index in [4.69, 9.17) is 0 Å². The molecule has 0 spiro atoms. The van der Waals surface area contributed by atoms with Crippen molar-refractivity contribution in [1.29, 1.82) is 0 Å². The largest absolute Gasteiger partial charge is 0.322 e. The average molecular weight is 414 g/mol. The Kier molecular flexibility index (Phi) is 5.07. The van der Waals surface area contributed by atoms with Gasteiger partial charge in [0.15, 0.2) is 0 Å². The minimum Gasteiger partial charge on any atom is -0.322 e. The number of benzene rings is 2. The van der Waals surface area contributed by atoms with E-state index in [0.29, 0.717) is 21.4 Å². The van der Waals surface area contributed by atoms with Crippen LogP contribution in [-0.2, 0) is 10.3 Å². The number of carbonyl (C=O) groups is 3. The molecule has 8 heteroatoms. The van der Waals surface area contributed by atoms with Crippen molar-refractivity contribution in [3.8, 4) is 0 Å². The maximum Gasteiger partial charge on any atom is 0.322 e. The summed E-state index contributed by atoms with van der Waals surface area (Å²) in [6.45, 7) is 1.63. The van der Waals surface area contributed by atoms with Crippen molar-refractivity contribution >= 4 is 47.1 Å². The van der Waals surface area contributed by atoms with Crippen molar-refractivity contribution in [2.45, 2.75) is 17.0 Å². The van der Waals surface area contributed by atoms with E-state index in [1.54, 1.807) is 31.2 Å². The van der Waals surface area contributed by atoms with Crippen LogP contribution in [0.4, 0.5) is 10.5 Å². The van der Waals surface area contributed by atoms with Crippen molar-refractivity contribution in [1.82, 2.24) is 10.6 Å². The Morgan fingerprint density at radius 3 is 2.46 bits per heavy atom. The van der Waals surface area contributed by atoms with Crippen LogP contribution < -0.4 is 16.0 Å². The molecule has 2 aromatic rings. The monoisotopic (exact) mass is 413 g/mol. The standard InChI is InChI=1S/C20H19N3O3S2/c1-20(18(25)22-19(26)23-20)14-3-2-4-15(11-14)21-16(24)12-5-7-13(8-6-12)17-27-9-10-28-17/h2-8,11,17H,9-10H2,1H3,(H,21,24)(H2,22,23,25,26)/t20-/m1/s1. The smallest absolute Gasteiger partial charge is 0.322 e. The molecule has 2 heterocycles. The van der Waals surface area contributed by atoms with Gasteiger partial charge in [-0.1, -0.05) is 24.3 Å². The number of amides is 4. The third-order valence-corrected chi connectivity index (χ3v) is 7.91. The van der Waals surface area contributed by atoms with Gasteiger partial charge in [-0.25, -0.2) is 4.79 Å². The van der Waals surface area contributed by atoms with Gasteiger partial charge in [-0.15, -0.1) is 23.5 Å². The molecule has 0 aliphatic carbocycles. The predicted molar refractivity (Wildman–Crippen MR) is 113 cm³/mol. The Morgan fingerprint density at radius 1 is 1.11 bits per heavy atom. The second-order valence-corrected chi connectivity index (χ2v) is 9.49. The molecule has 3 N–H and O–H groups in total. The zero-order valence-electron chi connectivity index (χ0n) is 15.2. The van der Waals surface area contributed by atoms with E-state index >= 15 is 0 Å². The number of anilines is 1. The molecule has 0 radical (unpaired) electrons. The number of carbonyl (C=O) groups excluding carboxylic acids is 3. The van der Waals surface area contributed by atoms with Gasteiger partial charge in [0.2, 0.25) is 0 Å². The summed E-state index contributed by atoms with van der Waals surface area (Å²) in [7, 11) is 0. The highest BCUT2D eigenvalue weighted by molar-refractivity contribution is 8.19. The fraction of sp³-hybridized carbons (Fsp3) is 0.250. The predicted octanol–water partition coefficient (Wildman–Crippen LogP) is 3.47. The number of hydrogen-bond acceptors (Lipinski definition) is 5. The summed E-state index contributed by atoms with van der Waals surface area (Å²) in [5, 5.41) is 7.73. The molecule has 0 aromatic heterocycles. The fourth-order valence-corrected chi connectivity index (χ4v) is 6.06. The average Bonchev–Trinajstić information content (AvgIpc) is 3.31. The molecule has 6 nitrogen and oxygen atoms in total. The number of hydrogen-bond donors (Lipinski definition) is 3. The molecule has 2 aliphatic rings. The first kappa shape index (κ1) is 18.9. The Bertz CT molecular complexity index is 942. The van der Waals surface area contributed by atoms with Crippen LogP contribution in [0.3, 0.4) is 0 Å². The van der Waals surface area contributed by atoms with E-state index < -0.39 is 17.5 Å². The number of thioether (sulfide) groups is 2. The zero-order valence-corrected chi connectivity index (χ0v) is 16.8. The van der Waals surface area contributed by atoms with Crippen LogP contribution in [0.15, 0.2) is 48.5 Å². The first-order chi connectivity index (χ1) is 13.5. The highest BCUT2D eigenvalue weighted by Gasteiger charge is 2.43. The minimum absolute atomic E-state index is 0.222. The molecule has 0 saturated carbocycles. The van der Waals surface area contributed by atoms with Gasteiger partial charge in [-0.2, -0.15) is 0 Å². The molecule has 0 unspecified atom stereocenters. The quantitative estimate of drug-likeness (QED) is 0.668. The number of urea groups is 1. The van der Waals surface area contributed by atoms with Gasteiger partial charge < -0.3 is 10.6 Å². The number of nitrogens with one attached hydrogen (secondary N) is 3. The highest BCUT2D eigenvalue weighted by atomic mass is 32.2. The Morgan fingerprint density at radius 2 is 1.82 bits per heavy atom. The second kappa shape index (κ2) is 7.52. The van der Waals surface area contributed by atoms with Crippen molar-refractivity contribution in [2.75, 3.05) is 16.8 Å². The third-order valence-electron chi connectivity index (χ3n) is 4.81. The molecular weight excluding hydrogens is 394 g/mol. The van der Waals surface area contributed by atoms with E-state index in [9.17, 15) is 14.4 Å². The maximum atomic E-state index is 12.6. The van der Waals surface area contributed by atoms with E-state index in [0.717, 1.165) is 11.5 Å². The van der Waals surface area contributed by atoms with Gasteiger partial charge in [0.1, 0.15) is 5.54 Å². The molecule has 2 fully saturated rings. The lowest BCUT2D eigenvalue weighted by atomic mass is 9.92. The van der Waals surface area contributed by atoms with Gasteiger partial charge in [-0.05, 0) is 42.3 Å². The lowest BCUT2D eigenvalue weighted by Gasteiger charge is -2.21. The van der Waals surface area contributed by atoms with Gasteiger partial charge in [0, 0.05) is 22.8 Å². The number of rotatable bonds is 4. The summed E-state index contributed by atoms with van der Waals surface area (Å²) in [6, 6.07) is 14.1. The van der Waals surface area contributed by atoms with Crippen LogP contribution in [0, 0.1) is 0 Å². The highest BCUT2D eigenvalue weighted by Crippen LogP contribution is 2.45. The maximum absolute atomic E-state index is 12.6. The lowest BCUT2D eigenvalue weighted by Crippen LogP contribution is -2.40. The molecule has 4 amide bonds. The van der Waals surface area contributed by atoms with Crippen LogP contribution in [-0.4, -0.2) is 29.4 Å². The van der Waals surface area contributed by atoms with Crippen molar-refractivity contribution in [2.24, 2.45) is 0 Å². The van der Waals surface area contributed by atoms with Gasteiger partial charge in [0.05, 0.1) is 4.58 Å². The van der Waals surface area contributed by atoms with Crippen LogP contribution in [0.25, 0.3) is 0 Å². The third kappa shape index (κ3) is 3.62. The van der Waals surface area contributed by atoms with Gasteiger partial charge >= 0.3 is 6.03 Å². The summed E-state index contributed by atoms with van der Waals surface area (Å²) < 4.78 is 0.447. The lowest BCUT2D eigenvalue weighted by molar-refractivity contribution is -0.123. The first-order valence-electron chi connectivity index (χ1n) is 8.84. The van der Waals surface area contributed by atoms with Crippen LogP contribution in [0.1, 0.15) is 33.0 Å². The van der Waals surface area contributed by atoms with Gasteiger partial charge in [0.25, 0.3) is 11.8 Å². The van der Waals surface area contributed by atoms with E-state index in [-0.39, 0.29) is 5.91 Å². The SMILES string of the molecule is C[C@]1(c2cccc(NC(=O)c3ccc(C4SCCS4)cc3)c2)NC(=O)NC1=O. The first-order valence-corrected chi connectivity index (χ1v) is 10.9. The van der Waals surface area contributed by atoms with Crippen molar-refractivity contribution < 1.29 is 14.4 Å². The summed E-state index contributed by atoms with van der Waals surface area (Å²) in [5.74, 6) is 1.68. The van der Waals surface area contributed by atoms with E-state index in [1.807, 2.05) is 47.8 Å². The molecule has 2 aliphatic heterocycles. The molecular formula is C20H19N3O3S2. The Balaban J connectivity index is 1.49. The normalized spacial score (nSPS) is 22.0. The molecule has 4 rings (SSSR count). The van der Waals surface area contributed by atoms with Crippen LogP contribution >= 0.6 is 23.5 Å². The summed E-state index contributed by atoms with van der Waals surface area (Å²) in [6.07, 6.45) is 0. The van der Waals surface area contributed by atoms with Crippen LogP contribution in [0.2, 0.25) is 0 Å².